The molecule has 0 radical (unpaired) electrons. The summed E-state index contributed by atoms with van der Waals surface area (Å²) in [4.78, 5) is 1.96. The van der Waals surface area contributed by atoms with Gasteiger partial charge in [-0.1, -0.05) is 0 Å². The maximum Gasteiger partial charge on any atom is 0.213 e. The number of nitrogens with zero attached hydrogens (tertiary/aromatic N) is 2. The molecule has 0 amide bonds. The fourth-order valence-electron chi connectivity index (χ4n) is 1.06. The van der Waals surface area contributed by atoms with E-state index in [2.05, 4.69) is 0 Å². The number of rotatable bonds is 8. The van der Waals surface area contributed by atoms with Crippen LogP contribution in [-0.4, -0.2) is 64.2 Å². The fraction of sp³-hybridized carbons (Fsp3) is 1.00. The van der Waals surface area contributed by atoms with E-state index in [1.54, 1.807) is 7.05 Å². The Morgan fingerprint density at radius 3 is 2.13 bits per heavy atom. The molecular formula is C9H23N3O2S. The van der Waals surface area contributed by atoms with Gasteiger partial charge in [0.15, 0.2) is 0 Å². The molecule has 0 aliphatic rings. The van der Waals surface area contributed by atoms with Crippen molar-refractivity contribution in [3.05, 3.63) is 0 Å². The second-order valence-corrected chi connectivity index (χ2v) is 6.13. The van der Waals surface area contributed by atoms with Crippen molar-refractivity contribution < 1.29 is 8.42 Å². The molecule has 15 heavy (non-hydrogen) atoms. The second-order valence-electron chi connectivity index (χ2n) is 3.94. The Kier molecular flexibility index (Phi) is 7.08. The van der Waals surface area contributed by atoms with Crippen LogP contribution < -0.4 is 5.73 Å². The van der Waals surface area contributed by atoms with Gasteiger partial charge in [-0.3, -0.25) is 0 Å². The standard InChI is InChI=1S/C9H23N3O2S/c1-11(2)7-8-12(3)15(13,14)9-5-4-6-10/h4-10H2,1-3H3. The van der Waals surface area contributed by atoms with Crippen LogP contribution in [0.3, 0.4) is 0 Å². The number of hydrogen-bond acceptors (Lipinski definition) is 4. The van der Waals surface area contributed by atoms with E-state index in [0.717, 1.165) is 13.0 Å². The average Bonchev–Trinajstić information content (AvgIpc) is 2.14. The van der Waals surface area contributed by atoms with E-state index < -0.39 is 10.0 Å². The predicted molar refractivity (Wildman–Crippen MR) is 63.3 cm³/mol. The lowest BCUT2D eigenvalue weighted by molar-refractivity contribution is 0.358. The van der Waals surface area contributed by atoms with Crippen LogP contribution in [0.5, 0.6) is 0 Å². The summed E-state index contributed by atoms with van der Waals surface area (Å²) in [7, 11) is 2.40. The lowest BCUT2D eigenvalue weighted by atomic mass is 10.3. The first kappa shape index (κ1) is 14.8. The molecule has 0 saturated carbocycles. The van der Waals surface area contributed by atoms with Crippen LogP contribution >= 0.6 is 0 Å². The monoisotopic (exact) mass is 237 g/mol. The van der Waals surface area contributed by atoms with Crippen LogP contribution in [0.2, 0.25) is 0 Å². The number of hydrogen-bond donors (Lipinski definition) is 1. The zero-order chi connectivity index (χ0) is 11.9. The SMILES string of the molecule is CN(C)CCN(C)S(=O)(=O)CCCCN. The minimum absolute atomic E-state index is 0.203. The number of likely N-dealkylation sites (N-methyl/N-ethyl adjacent to an activating group) is 2. The Labute approximate surface area is 93.3 Å². The Morgan fingerprint density at radius 1 is 1.07 bits per heavy atom. The summed E-state index contributed by atoms with van der Waals surface area (Å²) >= 11 is 0. The Balaban J connectivity index is 3.97. The second kappa shape index (κ2) is 7.16. The van der Waals surface area contributed by atoms with Crippen molar-refractivity contribution in [2.24, 2.45) is 5.73 Å². The predicted octanol–water partition coefficient (Wildman–Crippen LogP) is -0.451. The van der Waals surface area contributed by atoms with Crippen LogP contribution in [0.4, 0.5) is 0 Å². The molecule has 0 unspecified atom stereocenters. The zero-order valence-electron chi connectivity index (χ0n) is 9.94. The van der Waals surface area contributed by atoms with Crippen LogP contribution in [0.15, 0.2) is 0 Å². The van der Waals surface area contributed by atoms with Crippen molar-refractivity contribution in [1.82, 2.24) is 9.21 Å². The van der Waals surface area contributed by atoms with E-state index in [1.807, 2.05) is 19.0 Å². The zero-order valence-corrected chi connectivity index (χ0v) is 10.8. The van der Waals surface area contributed by atoms with Crippen molar-refractivity contribution in [3.63, 3.8) is 0 Å². The van der Waals surface area contributed by atoms with E-state index in [0.29, 0.717) is 19.5 Å². The first-order valence-electron chi connectivity index (χ1n) is 5.19. The first-order valence-corrected chi connectivity index (χ1v) is 6.80. The minimum Gasteiger partial charge on any atom is -0.330 e. The summed E-state index contributed by atoms with van der Waals surface area (Å²) in [5, 5.41) is 0. The highest BCUT2D eigenvalue weighted by atomic mass is 32.2. The molecule has 0 aromatic heterocycles. The molecule has 0 aliphatic heterocycles. The quantitative estimate of drug-likeness (QED) is 0.581. The topological polar surface area (TPSA) is 66.6 Å². The van der Waals surface area contributed by atoms with Crippen molar-refractivity contribution in [2.75, 3.05) is 46.5 Å². The smallest absolute Gasteiger partial charge is 0.213 e. The van der Waals surface area contributed by atoms with Gasteiger partial charge in [0.25, 0.3) is 0 Å². The summed E-state index contributed by atoms with van der Waals surface area (Å²) < 4.78 is 24.8. The van der Waals surface area contributed by atoms with Crippen LogP contribution in [0.1, 0.15) is 12.8 Å². The number of nitrogens with two attached hydrogens (primary N) is 1. The Morgan fingerprint density at radius 2 is 1.67 bits per heavy atom. The largest absolute Gasteiger partial charge is 0.330 e. The van der Waals surface area contributed by atoms with Crippen molar-refractivity contribution >= 4 is 10.0 Å². The van der Waals surface area contributed by atoms with Crippen molar-refractivity contribution in [3.8, 4) is 0 Å². The molecule has 0 spiro atoms. The lowest BCUT2D eigenvalue weighted by Gasteiger charge is -2.19. The van der Waals surface area contributed by atoms with E-state index in [-0.39, 0.29) is 5.75 Å². The molecule has 0 fully saturated rings. The summed E-state index contributed by atoms with van der Waals surface area (Å²) in [5.41, 5.74) is 5.32. The van der Waals surface area contributed by atoms with E-state index in [4.69, 9.17) is 5.73 Å². The third-order valence-electron chi connectivity index (χ3n) is 2.19. The maximum atomic E-state index is 11.7. The van der Waals surface area contributed by atoms with Gasteiger partial charge >= 0.3 is 0 Å². The molecule has 0 rings (SSSR count). The normalized spacial score (nSPS) is 12.7. The maximum absolute atomic E-state index is 11.7. The van der Waals surface area contributed by atoms with Gasteiger partial charge < -0.3 is 10.6 Å². The van der Waals surface area contributed by atoms with Gasteiger partial charge in [-0.25, -0.2) is 12.7 Å². The lowest BCUT2D eigenvalue weighted by Crippen LogP contribution is -2.35. The summed E-state index contributed by atoms with van der Waals surface area (Å²) in [6.45, 7) is 1.83. The van der Waals surface area contributed by atoms with Crippen molar-refractivity contribution in [1.29, 1.82) is 0 Å². The summed E-state index contributed by atoms with van der Waals surface area (Å²) in [6.07, 6.45) is 1.41. The van der Waals surface area contributed by atoms with Gasteiger partial charge in [0.2, 0.25) is 10.0 Å². The van der Waals surface area contributed by atoms with Gasteiger partial charge in [-0.05, 0) is 33.5 Å². The van der Waals surface area contributed by atoms with E-state index in [1.165, 1.54) is 4.31 Å². The van der Waals surface area contributed by atoms with Gasteiger partial charge in [0.1, 0.15) is 0 Å². The van der Waals surface area contributed by atoms with E-state index in [9.17, 15) is 8.42 Å². The van der Waals surface area contributed by atoms with Crippen molar-refractivity contribution in [2.45, 2.75) is 12.8 Å². The highest BCUT2D eigenvalue weighted by Gasteiger charge is 2.16. The third-order valence-corrected chi connectivity index (χ3v) is 4.13. The van der Waals surface area contributed by atoms with Gasteiger partial charge in [0.05, 0.1) is 5.75 Å². The highest BCUT2D eigenvalue weighted by Crippen LogP contribution is 2.01. The van der Waals surface area contributed by atoms with Gasteiger partial charge in [-0.2, -0.15) is 0 Å². The molecule has 0 atom stereocenters. The van der Waals surface area contributed by atoms with Gasteiger partial charge in [-0.15, -0.1) is 0 Å². The molecule has 0 aromatic rings. The molecule has 0 saturated heterocycles. The minimum atomic E-state index is -3.08. The first-order chi connectivity index (χ1) is 6.90. The van der Waals surface area contributed by atoms with E-state index >= 15 is 0 Å². The molecule has 0 heterocycles. The molecular weight excluding hydrogens is 214 g/mol. The van der Waals surface area contributed by atoms with Gasteiger partial charge in [0, 0.05) is 20.1 Å². The molecule has 92 valence electrons. The highest BCUT2D eigenvalue weighted by molar-refractivity contribution is 7.89. The fourth-order valence-corrected chi connectivity index (χ4v) is 2.30. The number of sulfonamides is 1. The third kappa shape index (κ3) is 6.83. The summed E-state index contributed by atoms with van der Waals surface area (Å²) in [5.74, 6) is 0.203. The molecule has 5 nitrogen and oxygen atoms in total. The van der Waals surface area contributed by atoms with Crippen LogP contribution in [0, 0.1) is 0 Å². The summed E-state index contributed by atoms with van der Waals surface area (Å²) in [6, 6.07) is 0. The van der Waals surface area contributed by atoms with Crippen LogP contribution in [-0.2, 0) is 10.0 Å². The molecule has 6 heteroatoms. The molecule has 0 bridgehead atoms. The molecule has 0 aliphatic carbocycles. The Bertz CT molecular complexity index is 252. The average molecular weight is 237 g/mol. The Hall–Kier alpha value is -0.170. The molecule has 2 N–H and O–H groups in total. The van der Waals surface area contributed by atoms with Crippen LogP contribution in [0.25, 0.3) is 0 Å². The molecule has 0 aromatic carbocycles. The number of unbranched alkanes of at least 4 members (excludes halogenated alkanes) is 1.